The van der Waals surface area contributed by atoms with Gasteiger partial charge in [0.05, 0.1) is 5.56 Å². The lowest BCUT2D eigenvalue weighted by Gasteiger charge is -2.17. The zero-order chi connectivity index (χ0) is 16.4. The van der Waals surface area contributed by atoms with Gasteiger partial charge in [0.15, 0.2) is 0 Å². The van der Waals surface area contributed by atoms with Crippen LogP contribution >= 0.6 is 0 Å². The molecule has 2 aromatic rings. The summed E-state index contributed by atoms with van der Waals surface area (Å²) in [5, 5.41) is 12.3. The fourth-order valence-electron chi connectivity index (χ4n) is 3.14. The van der Waals surface area contributed by atoms with E-state index in [4.69, 9.17) is 0 Å². The lowest BCUT2D eigenvalue weighted by atomic mass is 10.1. The molecule has 2 aromatic heterocycles. The second-order valence-electron chi connectivity index (χ2n) is 6.24. The molecule has 1 unspecified atom stereocenters. The molecule has 0 saturated heterocycles. The molecule has 0 bridgehead atoms. The first-order chi connectivity index (χ1) is 11.1. The van der Waals surface area contributed by atoms with Crippen LogP contribution in [0.3, 0.4) is 0 Å². The predicted octanol–water partition coefficient (Wildman–Crippen LogP) is 2.38. The molecule has 0 spiro atoms. The van der Waals surface area contributed by atoms with E-state index >= 15 is 0 Å². The number of carbonyl (C=O) groups is 1. The summed E-state index contributed by atoms with van der Waals surface area (Å²) in [7, 11) is 0. The van der Waals surface area contributed by atoms with Crippen molar-refractivity contribution in [2.45, 2.75) is 39.2 Å². The summed E-state index contributed by atoms with van der Waals surface area (Å²) in [4.78, 5) is 17.0. The van der Waals surface area contributed by atoms with Crippen molar-refractivity contribution in [3.05, 3.63) is 47.4 Å². The molecule has 2 heterocycles. The van der Waals surface area contributed by atoms with E-state index in [-0.39, 0.29) is 18.6 Å². The highest BCUT2D eigenvalue weighted by atomic mass is 16.3. The van der Waals surface area contributed by atoms with E-state index in [9.17, 15) is 9.90 Å². The van der Waals surface area contributed by atoms with Crippen LogP contribution in [0.5, 0.6) is 0 Å². The number of rotatable bonds is 6. The number of aliphatic hydroxyl groups is 1. The van der Waals surface area contributed by atoms with E-state index in [1.807, 2.05) is 42.7 Å². The minimum absolute atomic E-state index is 0.0642. The van der Waals surface area contributed by atoms with Gasteiger partial charge in [-0.05, 0) is 57.2 Å². The number of aromatic nitrogens is 2. The van der Waals surface area contributed by atoms with Crippen LogP contribution < -0.4 is 5.32 Å². The number of carbonyl (C=O) groups excluding carboxylic acids is 1. The smallest absolute Gasteiger partial charge is 0.253 e. The molecule has 1 atom stereocenters. The molecule has 1 aliphatic carbocycles. The summed E-state index contributed by atoms with van der Waals surface area (Å²) in [6.45, 7) is 4.02. The average molecular weight is 313 g/mol. The Kier molecular flexibility index (Phi) is 4.48. The minimum Gasteiger partial charge on any atom is -0.396 e. The molecule has 0 radical (unpaired) electrons. The van der Waals surface area contributed by atoms with Crippen molar-refractivity contribution < 1.29 is 9.90 Å². The summed E-state index contributed by atoms with van der Waals surface area (Å²) in [5.41, 5.74) is 2.55. The van der Waals surface area contributed by atoms with Crippen LogP contribution in [0.4, 0.5) is 0 Å². The molecule has 122 valence electrons. The molecule has 1 aliphatic rings. The van der Waals surface area contributed by atoms with Gasteiger partial charge in [-0.15, -0.1) is 0 Å². The summed E-state index contributed by atoms with van der Waals surface area (Å²) >= 11 is 0. The minimum atomic E-state index is -0.0642. The number of nitrogens with one attached hydrogen (secondary N) is 1. The lowest BCUT2D eigenvalue weighted by molar-refractivity contribution is 0.0923. The van der Waals surface area contributed by atoms with Crippen LogP contribution in [0.15, 0.2) is 30.5 Å². The van der Waals surface area contributed by atoms with E-state index in [1.165, 1.54) is 0 Å². The Bertz CT molecular complexity index is 690. The number of nitrogens with zero attached hydrogens (tertiary/aromatic N) is 2. The van der Waals surface area contributed by atoms with Crippen molar-refractivity contribution in [2.75, 3.05) is 6.61 Å². The molecular weight excluding hydrogens is 290 g/mol. The number of pyridine rings is 1. The Hall–Kier alpha value is -2.14. The largest absolute Gasteiger partial charge is 0.396 e. The first kappa shape index (κ1) is 15.7. The Morgan fingerprint density at radius 2 is 2.22 bits per heavy atom. The molecule has 1 fully saturated rings. The second-order valence-corrected chi connectivity index (χ2v) is 6.24. The molecular formula is C18H23N3O2. The third-order valence-electron chi connectivity index (χ3n) is 4.50. The zero-order valence-electron chi connectivity index (χ0n) is 13.6. The fourth-order valence-corrected chi connectivity index (χ4v) is 3.14. The summed E-state index contributed by atoms with van der Waals surface area (Å²) in [6, 6.07) is 7.72. The molecule has 1 saturated carbocycles. The van der Waals surface area contributed by atoms with Gasteiger partial charge in [-0.25, -0.2) is 4.98 Å². The van der Waals surface area contributed by atoms with Crippen molar-refractivity contribution in [1.82, 2.24) is 14.9 Å². The first-order valence-electron chi connectivity index (χ1n) is 8.14. The number of aryl methyl sites for hydroxylation is 1. The summed E-state index contributed by atoms with van der Waals surface area (Å²) < 4.78 is 1.99. The average Bonchev–Trinajstić information content (AvgIpc) is 3.33. The summed E-state index contributed by atoms with van der Waals surface area (Å²) in [6.07, 6.45) is 4.64. The monoisotopic (exact) mass is 313 g/mol. The highest BCUT2D eigenvalue weighted by Gasteiger charge is 2.32. The molecule has 5 nitrogen and oxygen atoms in total. The SMILES string of the molecule is Cc1cc(C(=O)NC(CCO)C2CC2)c(C)n1-c1ccccn1. The van der Waals surface area contributed by atoms with Crippen molar-refractivity contribution >= 4 is 5.91 Å². The van der Waals surface area contributed by atoms with Gasteiger partial charge in [-0.3, -0.25) is 4.79 Å². The Labute approximate surface area is 136 Å². The third kappa shape index (κ3) is 3.29. The molecule has 3 rings (SSSR count). The van der Waals surface area contributed by atoms with Crippen LogP contribution in [0, 0.1) is 19.8 Å². The molecule has 0 aliphatic heterocycles. The predicted molar refractivity (Wildman–Crippen MR) is 88.7 cm³/mol. The fraction of sp³-hybridized carbons (Fsp3) is 0.444. The van der Waals surface area contributed by atoms with Gasteiger partial charge in [-0.1, -0.05) is 6.07 Å². The van der Waals surface area contributed by atoms with E-state index in [1.54, 1.807) is 6.20 Å². The maximum atomic E-state index is 12.7. The third-order valence-corrected chi connectivity index (χ3v) is 4.50. The highest BCUT2D eigenvalue weighted by Crippen LogP contribution is 2.34. The van der Waals surface area contributed by atoms with Crippen molar-refractivity contribution in [1.29, 1.82) is 0 Å². The van der Waals surface area contributed by atoms with E-state index in [2.05, 4.69) is 10.3 Å². The topological polar surface area (TPSA) is 67.2 Å². The standard InChI is InChI=1S/C18H23N3O2/c1-12-11-15(13(2)21(12)17-5-3-4-9-19-17)18(23)20-16(8-10-22)14-6-7-14/h3-5,9,11,14,16,22H,6-8,10H2,1-2H3,(H,20,23). The normalized spacial score (nSPS) is 15.4. The van der Waals surface area contributed by atoms with Crippen molar-refractivity contribution in [3.63, 3.8) is 0 Å². The summed E-state index contributed by atoms with van der Waals surface area (Å²) in [5.74, 6) is 1.27. The Morgan fingerprint density at radius 1 is 1.43 bits per heavy atom. The van der Waals surface area contributed by atoms with Crippen molar-refractivity contribution in [2.24, 2.45) is 5.92 Å². The zero-order valence-corrected chi connectivity index (χ0v) is 13.6. The van der Waals surface area contributed by atoms with E-state index in [0.717, 1.165) is 30.0 Å². The lowest BCUT2D eigenvalue weighted by Crippen LogP contribution is -2.37. The van der Waals surface area contributed by atoms with E-state index in [0.29, 0.717) is 17.9 Å². The molecule has 5 heteroatoms. The highest BCUT2D eigenvalue weighted by molar-refractivity contribution is 5.96. The quantitative estimate of drug-likeness (QED) is 0.860. The number of hydrogen-bond acceptors (Lipinski definition) is 3. The van der Waals surface area contributed by atoms with Crippen LogP contribution in [0.25, 0.3) is 5.82 Å². The van der Waals surface area contributed by atoms with Crippen LogP contribution in [0.1, 0.15) is 41.0 Å². The maximum absolute atomic E-state index is 12.7. The van der Waals surface area contributed by atoms with Gasteiger partial charge in [0, 0.05) is 30.2 Å². The Balaban J connectivity index is 1.84. The van der Waals surface area contributed by atoms with E-state index < -0.39 is 0 Å². The van der Waals surface area contributed by atoms with Crippen LogP contribution in [-0.4, -0.2) is 33.2 Å². The van der Waals surface area contributed by atoms with Gasteiger partial charge < -0.3 is 15.0 Å². The van der Waals surface area contributed by atoms with Crippen molar-refractivity contribution in [3.8, 4) is 5.82 Å². The van der Waals surface area contributed by atoms with Gasteiger partial charge in [0.1, 0.15) is 5.82 Å². The second kappa shape index (κ2) is 6.54. The molecule has 0 aromatic carbocycles. The van der Waals surface area contributed by atoms with Crippen LogP contribution in [0.2, 0.25) is 0 Å². The van der Waals surface area contributed by atoms with Gasteiger partial charge in [-0.2, -0.15) is 0 Å². The maximum Gasteiger partial charge on any atom is 0.253 e. The number of amides is 1. The number of hydrogen-bond donors (Lipinski definition) is 2. The van der Waals surface area contributed by atoms with Gasteiger partial charge in [0.25, 0.3) is 5.91 Å². The molecule has 2 N–H and O–H groups in total. The number of aliphatic hydroxyl groups excluding tert-OH is 1. The van der Waals surface area contributed by atoms with Crippen LogP contribution in [-0.2, 0) is 0 Å². The Morgan fingerprint density at radius 3 is 2.83 bits per heavy atom. The molecule has 1 amide bonds. The molecule has 23 heavy (non-hydrogen) atoms. The van der Waals surface area contributed by atoms with Gasteiger partial charge in [0.2, 0.25) is 0 Å². The first-order valence-corrected chi connectivity index (χ1v) is 8.14. The van der Waals surface area contributed by atoms with Gasteiger partial charge >= 0.3 is 0 Å².